The summed E-state index contributed by atoms with van der Waals surface area (Å²) in [5.41, 5.74) is -0.325. The van der Waals surface area contributed by atoms with Crippen LogP contribution in [0.5, 0.6) is 17.2 Å². The first-order valence-corrected chi connectivity index (χ1v) is 11.0. The van der Waals surface area contributed by atoms with E-state index in [4.69, 9.17) is 18.9 Å². The van der Waals surface area contributed by atoms with Crippen molar-refractivity contribution in [3.8, 4) is 17.2 Å². The third-order valence-electron chi connectivity index (χ3n) is 6.57. The molecule has 0 aromatic heterocycles. The fraction of sp³-hybridized carbons (Fsp3) is 0.400. The maximum atomic E-state index is 13.7. The number of amides is 2. The van der Waals surface area contributed by atoms with Crippen molar-refractivity contribution < 1.29 is 33.3 Å². The lowest BCUT2D eigenvalue weighted by Gasteiger charge is -2.29. The molecule has 2 aromatic carbocycles. The van der Waals surface area contributed by atoms with Gasteiger partial charge in [0, 0.05) is 12.1 Å². The molecule has 0 aliphatic carbocycles. The van der Waals surface area contributed by atoms with E-state index in [1.807, 2.05) is 0 Å². The highest BCUT2D eigenvalue weighted by Crippen LogP contribution is 2.50. The van der Waals surface area contributed by atoms with E-state index in [-0.39, 0.29) is 6.61 Å². The third-order valence-corrected chi connectivity index (χ3v) is 6.57. The normalized spacial score (nSPS) is 25.8. The second kappa shape index (κ2) is 8.98. The number of fused-ring (bicyclic) bond motifs is 1. The minimum absolute atomic E-state index is 0.149. The van der Waals surface area contributed by atoms with Crippen molar-refractivity contribution in [1.29, 1.82) is 0 Å². The van der Waals surface area contributed by atoms with Crippen molar-refractivity contribution in [2.24, 2.45) is 11.8 Å². The molecule has 0 spiro atoms. The van der Waals surface area contributed by atoms with Crippen LogP contribution >= 0.6 is 0 Å². The Hall–Kier alpha value is -3.59. The number of carbonyl (C=O) groups is 3. The fourth-order valence-corrected chi connectivity index (χ4v) is 4.94. The van der Waals surface area contributed by atoms with E-state index in [1.165, 1.54) is 21.3 Å². The zero-order valence-electron chi connectivity index (χ0n) is 19.8. The highest BCUT2D eigenvalue weighted by molar-refractivity contribution is 6.24. The first-order chi connectivity index (χ1) is 16.3. The van der Waals surface area contributed by atoms with Crippen LogP contribution in [0, 0.1) is 11.8 Å². The summed E-state index contributed by atoms with van der Waals surface area (Å²) in [5, 5.41) is 3.25. The first-order valence-electron chi connectivity index (χ1n) is 11.0. The summed E-state index contributed by atoms with van der Waals surface area (Å²) in [6.07, 6.45) is 0. The Labute approximate surface area is 197 Å². The number of benzene rings is 2. The van der Waals surface area contributed by atoms with Crippen molar-refractivity contribution in [3.05, 3.63) is 48.0 Å². The molecule has 4 atom stereocenters. The number of hydrogen-bond acceptors (Lipinski definition) is 8. The number of nitrogens with one attached hydrogen (secondary N) is 1. The number of imide groups is 1. The van der Waals surface area contributed by atoms with Gasteiger partial charge in [-0.1, -0.05) is 12.1 Å². The Morgan fingerprint density at radius 2 is 1.74 bits per heavy atom. The van der Waals surface area contributed by atoms with Crippen molar-refractivity contribution in [2.45, 2.75) is 25.4 Å². The topological polar surface area (TPSA) is 103 Å². The summed E-state index contributed by atoms with van der Waals surface area (Å²) in [6, 6.07) is 11.4. The van der Waals surface area contributed by atoms with Crippen molar-refractivity contribution in [3.63, 3.8) is 0 Å². The number of ether oxygens (including phenoxy) is 4. The SMILES string of the molecule is CCOC(=O)C1(C)NC(c2ccc(OC)c(OC)c2)C2C(=O)N(c3cccc(OC)c3)C(=O)C21. The Morgan fingerprint density at radius 1 is 1.00 bits per heavy atom. The van der Waals surface area contributed by atoms with Crippen LogP contribution < -0.4 is 24.4 Å². The largest absolute Gasteiger partial charge is 0.497 e. The van der Waals surface area contributed by atoms with Gasteiger partial charge in [0.25, 0.3) is 0 Å². The van der Waals surface area contributed by atoms with Crippen LogP contribution in [0.25, 0.3) is 0 Å². The number of methoxy groups -OCH3 is 3. The van der Waals surface area contributed by atoms with Gasteiger partial charge in [0.1, 0.15) is 11.3 Å². The number of anilines is 1. The Kier molecular flexibility index (Phi) is 6.22. The van der Waals surface area contributed by atoms with E-state index in [2.05, 4.69) is 5.32 Å². The van der Waals surface area contributed by atoms with E-state index in [9.17, 15) is 14.4 Å². The fourth-order valence-electron chi connectivity index (χ4n) is 4.94. The monoisotopic (exact) mass is 468 g/mol. The molecule has 9 heteroatoms. The molecule has 2 aromatic rings. The summed E-state index contributed by atoms with van der Waals surface area (Å²) in [6.45, 7) is 3.46. The molecule has 0 radical (unpaired) electrons. The molecule has 180 valence electrons. The third kappa shape index (κ3) is 3.56. The van der Waals surface area contributed by atoms with Crippen LogP contribution in [-0.2, 0) is 19.1 Å². The quantitative estimate of drug-likeness (QED) is 0.488. The summed E-state index contributed by atoms with van der Waals surface area (Å²) in [5.74, 6) is -1.71. The molecule has 2 heterocycles. The predicted octanol–water partition coefficient (Wildman–Crippen LogP) is 2.48. The second-order valence-electron chi connectivity index (χ2n) is 8.38. The highest BCUT2D eigenvalue weighted by Gasteiger charge is 2.67. The van der Waals surface area contributed by atoms with Crippen LogP contribution in [0.3, 0.4) is 0 Å². The van der Waals surface area contributed by atoms with Gasteiger partial charge in [0.05, 0.1) is 45.5 Å². The van der Waals surface area contributed by atoms with Gasteiger partial charge in [0.15, 0.2) is 11.5 Å². The lowest BCUT2D eigenvalue weighted by molar-refractivity contribution is -0.153. The molecule has 2 amide bonds. The molecule has 2 aliphatic heterocycles. The molecule has 4 rings (SSSR count). The summed E-state index contributed by atoms with van der Waals surface area (Å²) in [4.78, 5) is 41.7. The van der Waals surface area contributed by atoms with Crippen molar-refractivity contribution in [2.75, 3.05) is 32.8 Å². The van der Waals surface area contributed by atoms with Crippen LogP contribution in [0.4, 0.5) is 5.69 Å². The van der Waals surface area contributed by atoms with Gasteiger partial charge in [-0.2, -0.15) is 0 Å². The molecule has 0 saturated carbocycles. The van der Waals surface area contributed by atoms with Crippen LogP contribution in [0.2, 0.25) is 0 Å². The minimum Gasteiger partial charge on any atom is -0.497 e. The number of nitrogens with zero attached hydrogens (tertiary/aromatic N) is 1. The average molecular weight is 469 g/mol. The van der Waals surface area contributed by atoms with Gasteiger partial charge >= 0.3 is 5.97 Å². The van der Waals surface area contributed by atoms with E-state index in [1.54, 1.807) is 56.3 Å². The molecule has 2 saturated heterocycles. The van der Waals surface area contributed by atoms with Gasteiger partial charge in [-0.25, -0.2) is 4.90 Å². The lowest BCUT2D eigenvalue weighted by atomic mass is 9.80. The lowest BCUT2D eigenvalue weighted by Crippen LogP contribution is -2.54. The smallest absolute Gasteiger partial charge is 0.326 e. The van der Waals surface area contributed by atoms with E-state index in [0.29, 0.717) is 28.5 Å². The molecule has 9 nitrogen and oxygen atoms in total. The molecular weight excluding hydrogens is 440 g/mol. The van der Waals surface area contributed by atoms with E-state index in [0.717, 1.165) is 4.90 Å². The van der Waals surface area contributed by atoms with Gasteiger partial charge in [-0.3, -0.25) is 19.7 Å². The maximum Gasteiger partial charge on any atom is 0.326 e. The molecular formula is C25H28N2O7. The molecule has 2 aliphatic rings. The second-order valence-corrected chi connectivity index (χ2v) is 8.38. The van der Waals surface area contributed by atoms with Crippen molar-refractivity contribution >= 4 is 23.5 Å². The number of carbonyl (C=O) groups excluding carboxylic acids is 3. The molecule has 1 N–H and O–H groups in total. The van der Waals surface area contributed by atoms with Gasteiger partial charge in [-0.05, 0) is 43.7 Å². The Morgan fingerprint density at radius 3 is 2.38 bits per heavy atom. The standard InChI is InChI=1S/C25H28N2O7/c1-6-34-24(30)25(2)20-19(21(26-25)14-10-11-17(32-4)18(12-14)33-5)22(28)27(23(20)29)15-8-7-9-16(13-15)31-3/h7-13,19-21,26H,6H2,1-5H3. The Bertz CT molecular complexity index is 1130. The first kappa shape index (κ1) is 23.6. The van der Waals surface area contributed by atoms with Crippen LogP contribution in [0.1, 0.15) is 25.5 Å². The van der Waals surface area contributed by atoms with Gasteiger partial charge in [0.2, 0.25) is 11.8 Å². The zero-order valence-corrected chi connectivity index (χ0v) is 19.8. The van der Waals surface area contributed by atoms with Gasteiger partial charge < -0.3 is 18.9 Å². The number of rotatable bonds is 7. The van der Waals surface area contributed by atoms with Gasteiger partial charge in [-0.15, -0.1) is 0 Å². The summed E-state index contributed by atoms with van der Waals surface area (Å²) in [7, 11) is 4.56. The van der Waals surface area contributed by atoms with Crippen LogP contribution in [0.15, 0.2) is 42.5 Å². The summed E-state index contributed by atoms with van der Waals surface area (Å²) < 4.78 is 21.3. The molecule has 34 heavy (non-hydrogen) atoms. The zero-order chi connectivity index (χ0) is 24.6. The predicted molar refractivity (Wildman–Crippen MR) is 123 cm³/mol. The maximum absolute atomic E-state index is 13.7. The number of esters is 1. The molecule has 2 fully saturated rings. The Balaban J connectivity index is 1.82. The highest BCUT2D eigenvalue weighted by atomic mass is 16.5. The van der Waals surface area contributed by atoms with Crippen LogP contribution in [-0.4, -0.2) is 51.3 Å². The van der Waals surface area contributed by atoms with Crippen molar-refractivity contribution in [1.82, 2.24) is 5.32 Å². The van der Waals surface area contributed by atoms with E-state index >= 15 is 0 Å². The number of hydrogen-bond donors (Lipinski definition) is 1. The molecule has 4 unspecified atom stereocenters. The molecule has 0 bridgehead atoms. The summed E-state index contributed by atoms with van der Waals surface area (Å²) >= 11 is 0. The minimum atomic E-state index is -1.40. The average Bonchev–Trinajstić information content (AvgIpc) is 3.31. The van der Waals surface area contributed by atoms with E-state index < -0.39 is 41.2 Å².